The zero-order valence-corrected chi connectivity index (χ0v) is 10.1. The Balaban J connectivity index is 2.21. The number of ether oxygens (including phenoxy) is 1. The Labute approximate surface area is 95.6 Å². The van der Waals surface area contributed by atoms with Crippen LogP contribution in [0.5, 0.6) is 5.75 Å². The maximum atomic E-state index is 5.63. The smallest absolute Gasteiger partial charge is 0.142 e. The molecule has 0 saturated carbocycles. The molecule has 1 aromatic carbocycles. The molecule has 0 amide bonds. The Morgan fingerprint density at radius 2 is 2.27 bits per heavy atom. The highest BCUT2D eigenvalue weighted by molar-refractivity contribution is 7.99. The summed E-state index contributed by atoms with van der Waals surface area (Å²) in [4.78, 5) is 2.42. The lowest BCUT2D eigenvalue weighted by Crippen LogP contribution is -2.37. The molecule has 1 aromatic rings. The molecule has 0 radical (unpaired) electrons. The summed E-state index contributed by atoms with van der Waals surface area (Å²) in [5.74, 6) is 2.17. The second-order valence-corrected chi connectivity index (χ2v) is 5.16. The van der Waals surface area contributed by atoms with Crippen LogP contribution >= 0.6 is 11.8 Å². The van der Waals surface area contributed by atoms with E-state index in [1.54, 1.807) is 0 Å². The summed E-state index contributed by atoms with van der Waals surface area (Å²) in [6.45, 7) is 6.25. The van der Waals surface area contributed by atoms with Crippen molar-refractivity contribution >= 4 is 17.4 Å². The molecule has 0 spiro atoms. The van der Waals surface area contributed by atoms with E-state index in [4.69, 9.17) is 4.74 Å². The molecular weight excluding hydrogens is 206 g/mol. The lowest BCUT2D eigenvalue weighted by molar-refractivity contribution is 0.307. The van der Waals surface area contributed by atoms with E-state index in [9.17, 15) is 0 Å². The fraction of sp³-hybridized carbons (Fsp3) is 0.500. The molecule has 0 fully saturated rings. The average molecular weight is 223 g/mol. The molecule has 1 aliphatic heterocycles. The summed E-state index contributed by atoms with van der Waals surface area (Å²) in [6.07, 6.45) is 0. The van der Waals surface area contributed by atoms with E-state index in [0.29, 0.717) is 5.37 Å². The number of fused-ring (bicyclic) bond motifs is 1. The van der Waals surface area contributed by atoms with Gasteiger partial charge in [0.05, 0.1) is 17.6 Å². The van der Waals surface area contributed by atoms with Crippen LogP contribution in [0, 0.1) is 0 Å². The molecular formula is C12H17NOS. The largest absolute Gasteiger partial charge is 0.490 e. The predicted molar refractivity (Wildman–Crippen MR) is 66.9 cm³/mol. The molecule has 15 heavy (non-hydrogen) atoms. The fourth-order valence-corrected chi connectivity index (χ4v) is 2.78. The van der Waals surface area contributed by atoms with Crippen molar-refractivity contribution in [3.8, 4) is 5.75 Å². The quantitative estimate of drug-likeness (QED) is 0.781. The first-order valence-corrected chi connectivity index (χ1v) is 6.48. The molecule has 2 rings (SSSR count). The standard InChI is InChI=1S/C12H17NOS/c1-3-15-10(2)13-8-9-14-12-7-5-4-6-11(12)13/h4-7,10H,3,8-9H2,1-2H3. The van der Waals surface area contributed by atoms with Gasteiger partial charge in [-0.2, -0.15) is 0 Å². The van der Waals surface area contributed by atoms with Crippen molar-refractivity contribution in [2.45, 2.75) is 19.2 Å². The van der Waals surface area contributed by atoms with Gasteiger partial charge in [0.1, 0.15) is 12.4 Å². The highest BCUT2D eigenvalue weighted by Crippen LogP contribution is 2.34. The molecule has 1 unspecified atom stereocenters. The maximum absolute atomic E-state index is 5.63. The van der Waals surface area contributed by atoms with Crippen LogP contribution in [-0.2, 0) is 0 Å². The third kappa shape index (κ3) is 2.23. The van der Waals surface area contributed by atoms with Gasteiger partial charge in [-0.3, -0.25) is 0 Å². The first-order chi connectivity index (χ1) is 7.33. The zero-order chi connectivity index (χ0) is 10.7. The maximum Gasteiger partial charge on any atom is 0.142 e. The first-order valence-electron chi connectivity index (χ1n) is 5.43. The van der Waals surface area contributed by atoms with Gasteiger partial charge in [0, 0.05) is 0 Å². The van der Waals surface area contributed by atoms with Crippen molar-refractivity contribution < 1.29 is 4.74 Å². The molecule has 1 atom stereocenters. The molecule has 82 valence electrons. The number of hydrogen-bond acceptors (Lipinski definition) is 3. The van der Waals surface area contributed by atoms with E-state index in [1.807, 2.05) is 23.9 Å². The topological polar surface area (TPSA) is 12.5 Å². The van der Waals surface area contributed by atoms with E-state index >= 15 is 0 Å². The minimum Gasteiger partial charge on any atom is -0.490 e. The van der Waals surface area contributed by atoms with Crippen LogP contribution in [0.4, 0.5) is 5.69 Å². The summed E-state index contributed by atoms with van der Waals surface area (Å²) in [5, 5.41) is 0.528. The van der Waals surface area contributed by atoms with Gasteiger partial charge in [-0.05, 0) is 24.8 Å². The Bertz CT molecular complexity index is 329. The summed E-state index contributed by atoms with van der Waals surface area (Å²) in [7, 11) is 0. The number of benzene rings is 1. The van der Waals surface area contributed by atoms with Crippen LogP contribution in [0.15, 0.2) is 24.3 Å². The molecule has 1 aliphatic rings. The SMILES string of the molecule is CCSC(C)N1CCOc2ccccc21. The molecule has 0 N–H and O–H groups in total. The molecule has 0 saturated heterocycles. The number of hydrogen-bond donors (Lipinski definition) is 0. The minimum absolute atomic E-state index is 0.528. The minimum atomic E-state index is 0.528. The van der Waals surface area contributed by atoms with Crippen LogP contribution in [0.3, 0.4) is 0 Å². The number of rotatable bonds is 3. The van der Waals surface area contributed by atoms with Crippen molar-refractivity contribution in [1.82, 2.24) is 0 Å². The van der Waals surface area contributed by atoms with Crippen LogP contribution in [0.1, 0.15) is 13.8 Å². The van der Waals surface area contributed by atoms with Gasteiger partial charge >= 0.3 is 0 Å². The van der Waals surface area contributed by atoms with E-state index in [2.05, 4.69) is 30.9 Å². The van der Waals surface area contributed by atoms with Crippen molar-refractivity contribution in [1.29, 1.82) is 0 Å². The second kappa shape index (κ2) is 4.79. The van der Waals surface area contributed by atoms with Gasteiger partial charge in [-0.1, -0.05) is 19.1 Å². The third-order valence-electron chi connectivity index (χ3n) is 2.61. The van der Waals surface area contributed by atoms with E-state index in [-0.39, 0.29) is 0 Å². The van der Waals surface area contributed by atoms with Crippen molar-refractivity contribution in [3.05, 3.63) is 24.3 Å². The monoisotopic (exact) mass is 223 g/mol. The Morgan fingerprint density at radius 3 is 3.07 bits per heavy atom. The molecule has 3 heteroatoms. The van der Waals surface area contributed by atoms with Gasteiger partial charge in [0.25, 0.3) is 0 Å². The van der Waals surface area contributed by atoms with Gasteiger partial charge < -0.3 is 9.64 Å². The molecule has 0 bridgehead atoms. The number of para-hydroxylation sites is 2. The summed E-state index contributed by atoms with van der Waals surface area (Å²) in [5.41, 5.74) is 1.23. The van der Waals surface area contributed by atoms with E-state index in [0.717, 1.165) is 24.7 Å². The molecule has 2 nitrogen and oxygen atoms in total. The fourth-order valence-electron chi connectivity index (χ4n) is 1.90. The van der Waals surface area contributed by atoms with Gasteiger partial charge in [0.2, 0.25) is 0 Å². The first kappa shape index (κ1) is 10.7. The zero-order valence-electron chi connectivity index (χ0n) is 9.27. The molecule has 0 aromatic heterocycles. The van der Waals surface area contributed by atoms with Gasteiger partial charge in [-0.25, -0.2) is 0 Å². The molecule has 1 heterocycles. The normalized spacial score (nSPS) is 16.8. The summed E-state index contributed by atoms with van der Waals surface area (Å²) >= 11 is 1.97. The summed E-state index contributed by atoms with van der Waals surface area (Å²) in [6, 6.07) is 8.29. The van der Waals surface area contributed by atoms with Crippen LogP contribution in [0.2, 0.25) is 0 Å². The van der Waals surface area contributed by atoms with E-state index < -0.39 is 0 Å². The van der Waals surface area contributed by atoms with Gasteiger partial charge in [0.15, 0.2) is 0 Å². The number of anilines is 1. The Hall–Kier alpha value is -0.830. The number of thioether (sulfide) groups is 1. The van der Waals surface area contributed by atoms with Crippen LogP contribution in [0.25, 0.3) is 0 Å². The van der Waals surface area contributed by atoms with Gasteiger partial charge in [-0.15, -0.1) is 11.8 Å². The third-order valence-corrected chi connectivity index (χ3v) is 3.68. The Morgan fingerprint density at radius 1 is 1.47 bits per heavy atom. The summed E-state index contributed by atoms with van der Waals surface area (Å²) < 4.78 is 5.63. The van der Waals surface area contributed by atoms with Crippen LogP contribution < -0.4 is 9.64 Å². The van der Waals surface area contributed by atoms with E-state index in [1.165, 1.54) is 5.69 Å². The Kier molecular flexibility index (Phi) is 3.41. The second-order valence-electron chi connectivity index (χ2n) is 3.56. The highest BCUT2D eigenvalue weighted by atomic mass is 32.2. The molecule has 0 aliphatic carbocycles. The van der Waals surface area contributed by atoms with Crippen molar-refractivity contribution in [2.24, 2.45) is 0 Å². The lowest BCUT2D eigenvalue weighted by Gasteiger charge is -2.35. The predicted octanol–water partition coefficient (Wildman–Crippen LogP) is 2.98. The van der Waals surface area contributed by atoms with Crippen molar-refractivity contribution in [3.63, 3.8) is 0 Å². The van der Waals surface area contributed by atoms with Crippen LogP contribution in [-0.4, -0.2) is 24.3 Å². The lowest BCUT2D eigenvalue weighted by atomic mass is 10.2. The van der Waals surface area contributed by atoms with Crippen molar-refractivity contribution in [2.75, 3.05) is 23.8 Å². The number of nitrogens with zero attached hydrogens (tertiary/aromatic N) is 1. The highest BCUT2D eigenvalue weighted by Gasteiger charge is 2.21. The average Bonchev–Trinajstić information content (AvgIpc) is 2.28.